The van der Waals surface area contributed by atoms with Crippen LogP contribution >= 0.6 is 11.8 Å². The second-order valence-electron chi connectivity index (χ2n) is 5.54. The minimum atomic E-state index is 0.805. The van der Waals surface area contributed by atoms with Crippen LogP contribution in [0, 0.1) is 12.1 Å². The normalized spacial score (nSPS) is 10.8. The Kier molecular flexibility index (Phi) is 11.5. The number of ether oxygens (including phenoxy) is 1. The Morgan fingerprint density at radius 1 is 0.857 bits per heavy atom. The van der Waals surface area contributed by atoms with Gasteiger partial charge in [0, 0.05) is 17.0 Å². The first-order valence-electron chi connectivity index (χ1n) is 8.47. The number of thioether (sulfide) groups is 1. The van der Waals surface area contributed by atoms with Crippen molar-refractivity contribution >= 4 is 11.8 Å². The van der Waals surface area contributed by atoms with E-state index in [-0.39, 0.29) is 0 Å². The lowest BCUT2D eigenvalue weighted by atomic mass is 10.1. The van der Waals surface area contributed by atoms with Gasteiger partial charge >= 0.3 is 0 Å². The molecule has 0 spiro atoms. The number of hydrogen-bond acceptors (Lipinski definition) is 2. The highest BCUT2D eigenvalue weighted by Crippen LogP contribution is 2.18. The topological polar surface area (TPSA) is 9.23 Å². The maximum Gasteiger partial charge on any atom is 0.127 e. The largest absolute Gasteiger partial charge is 0.493 e. The minimum Gasteiger partial charge on any atom is -0.493 e. The van der Waals surface area contributed by atoms with Crippen molar-refractivity contribution in [2.45, 2.75) is 76.0 Å². The van der Waals surface area contributed by atoms with Gasteiger partial charge in [-0.15, -0.1) is 11.8 Å². The molecular weight excluding hydrogens is 276 g/mol. The summed E-state index contributed by atoms with van der Waals surface area (Å²) in [4.78, 5) is 1.11. The zero-order chi connectivity index (χ0) is 15.2. The summed E-state index contributed by atoms with van der Waals surface area (Å²) in [6.45, 7) is 3.08. The van der Waals surface area contributed by atoms with Crippen LogP contribution in [-0.2, 0) is 0 Å². The van der Waals surface area contributed by atoms with Crippen molar-refractivity contribution in [2.75, 3.05) is 12.9 Å². The van der Waals surface area contributed by atoms with Gasteiger partial charge in [-0.05, 0) is 24.8 Å². The Labute approximate surface area is 135 Å². The summed E-state index contributed by atoms with van der Waals surface area (Å²) in [5.74, 6) is 0.823. The van der Waals surface area contributed by atoms with E-state index in [2.05, 4.69) is 19.1 Å². The first-order valence-corrected chi connectivity index (χ1v) is 9.69. The molecule has 0 aromatic heterocycles. The summed E-state index contributed by atoms with van der Waals surface area (Å²) in [6, 6.07) is 10.2. The first-order chi connectivity index (χ1) is 10.4. The van der Waals surface area contributed by atoms with Crippen LogP contribution in [0.15, 0.2) is 17.0 Å². The molecule has 2 radical (unpaired) electrons. The summed E-state index contributed by atoms with van der Waals surface area (Å²) in [5, 5.41) is 0. The molecule has 1 nitrogen and oxygen atoms in total. The zero-order valence-corrected chi connectivity index (χ0v) is 14.6. The van der Waals surface area contributed by atoms with E-state index in [0.717, 1.165) is 23.7 Å². The molecule has 0 bridgehead atoms. The second-order valence-corrected chi connectivity index (χ2v) is 6.39. The van der Waals surface area contributed by atoms with Crippen molar-refractivity contribution in [2.24, 2.45) is 0 Å². The van der Waals surface area contributed by atoms with Crippen LogP contribution in [-0.4, -0.2) is 12.9 Å². The lowest BCUT2D eigenvalue weighted by Gasteiger charge is -2.06. The molecule has 0 atom stereocenters. The monoisotopic (exact) mass is 306 g/mol. The van der Waals surface area contributed by atoms with Gasteiger partial charge in [-0.25, -0.2) is 0 Å². The molecule has 0 saturated carbocycles. The van der Waals surface area contributed by atoms with Crippen LogP contribution < -0.4 is 4.74 Å². The van der Waals surface area contributed by atoms with Crippen molar-refractivity contribution in [3.05, 3.63) is 24.3 Å². The molecule has 0 heterocycles. The van der Waals surface area contributed by atoms with Crippen molar-refractivity contribution < 1.29 is 4.74 Å². The van der Waals surface area contributed by atoms with Gasteiger partial charge in [0.15, 0.2) is 0 Å². The van der Waals surface area contributed by atoms with Gasteiger partial charge in [-0.3, -0.25) is 0 Å². The smallest absolute Gasteiger partial charge is 0.127 e. The quantitative estimate of drug-likeness (QED) is 0.312. The highest BCUT2D eigenvalue weighted by atomic mass is 32.2. The lowest BCUT2D eigenvalue weighted by Crippen LogP contribution is -1.97. The Hall–Kier alpha value is -0.630. The molecule has 118 valence electrons. The number of benzene rings is 1. The van der Waals surface area contributed by atoms with Gasteiger partial charge < -0.3 is 4.74 Å². The average Bonchev–Trinajstić information content (AvgIpc) is 2.53. The van der Waals surface area contributed by atoms with Gasteiger partial charge in [-0.1, -0.05) is 64.7 Å². The van der Waals surface area contributed by atoms with Crippen molar-refractivity contribution in [1.29, 1.82) is 0 Å². The maximum absolute atomic E-state index is 5.68. The Morgan fingerprint density at radius 2 is 1.48 bits per heavy atom. The van der Waals surface area contributed by atoms with Crippen molar-refractivity contribution in [3.63, 3.8) is 0 Å². The molecule has 0 unspecified atom stereocenters. The highest BCUT2D eigenvalue weighted by Gasteiger charge is 1.96. The number of unbranched alkanes of at least 4 members (excludes halogenated alkanes) is 9. The predicted octanol–water partition coefficient (Wildman–Crippen LogP) is 6.31. The van der Waals surface area contributed by atoms with Crippen LogP contribution in [0.4, 0.5) is 0 Å². The molecule has 1 aromatic carbocycles. The van der Waals surface area contributed by atoms with E-state index in [0.29, 0.717) is 0 Å². The fourth-order valence-corrected chi connectivity index (χ4v) is 2.68. The summed E-state index contributed by atoms with van der Waals surface area (Å²) in [7, 11) is 0. The van der Waals surface area contributed by atoms with Crippen molar-refractivity contribution in [3.8, 4) is 5.75 Å². The van der Waals surface area contributed by atoms with Gasteiger partial charge in [0.1, 0.15) is 5.75 Å². The Balaban J connectivity index is 1.88. The minimum absolute atomic E-state index is 0.805. The van der Waals surface area contributed by atoms with E-state index in [1.807, 2.05) is 18.4 Å². The van der Waals surface area contributed by atoms with Gasteiger partial charge in [-0.2, -0.15) is 0 Å². The molecule has 2 heteroatoms. The van der Waals surface area contributed by atoms with E-state index in [9.17, 15) is 0 Å². The summed E-state index contributed by atoms with van der Waals surface area (Å²) >= 11 is 1.68. The number of hydrogen-bond donors (Lipinski definition) is 0. The molecule has 0 N–H and O–H groups in total. The molecule has 0 aliphatic heterocycles. The van der Waals surface area contributed by atoms with E-state index in [1.54, 1.807) is 11.8 Å². The number of rotatable bonds is 13. The van der Waals surface area contributed by atoms with Gasteiger partial charge in [0.2, 0.25) is 0 Å². The van der Waals surface area contributed by atoms with Crippen LogP contribution in [0.2, 0.25) is 0 Å². The molecule has 0 fully saturated rings. The highest BCUT2D eigenvalue weighted by molar-refractivity contribution is 7.98. The molecular formula is C19H30OS. The first kappa shape index (κ1) is 18.4. The van der Waals surface area contributed by atoms with E-state index >= 15 is 0 Å². The standard InChI is InChI=1S/C19H30OS/c1-3-4-5-6-7-8-9-10-11-12-17-20-18-13-15-19(21-2)16-14-18/h13,16H,3-12,17H2,1-2H3. The SMILES string of the molecule is CCCCCCCCCCCCOc1[c]cc(SC)[c]c1. The lowest BCUT2D eigenvalue weighted by molar-refractivity contribution is 0.303. The maximum atomic E-state index is 5.68. The fraction of sp³-hybridized carbons (Fsp3) is 0.684. The van der Waals surface area contributed by atoms with Crippen LogP contribution in [0.5, 0.6) is 5.75 Å². The van der Waals surface area contributed by atoms with Gasteiger partial charge in [0.25, 0.3) is 0 Å². The molecule has 1 aromatic rings. The van der Waals surface area contributed by atoms with Crippen LogP contribution in [0.25, 0.3) is 0 Å². The third-order valence-electron chi connectivity index (χ3n) is 3.67. The van der Waals surface area contributed by atoms with Crippen LogP contribution in [0.1, 0.15) is 71.1 Å². The Morgan fingerprint density at radius 3 is 2.00 bits per heavy atom. The fourth-order valence-electron chi connectivity index (χ4n) is 2.33. The average molecular weight is 307 g/mol. The zero-order valence-electron chi connectivity index (χ0n) is 13.7. The van der Waals surface area contributed by atoms with Gasteiger partial charge in [0.05, 0.1) is 6.61 Å². The third kappa shape index (κ3) is 9.84. The summed E-state index contributed by atoms with van der Waals surface area (Å²) in [5.41, 5.74) is 0. The van der Waals surface area contributed by atoms with E-state index < -0.39 is 0 Å². The third-order valence-corrected chi connectivity index (χ3v) is 4.34. The second kappa shape index (κ2) is 13.1. The summed E-state index contributed by atoms with van der Waals surface area (Å²) in [6.07, 6.45) is 15.6. The molecule has 0 saturated heterocycles. The molecule has 0 aliphatic carbocycles. The molecule has 21 heavy (non-hydrogen) atoms. The van der Waals surface area contributed by atoms with E-state index in [4.69, 9.17) is 4.74 Å². The van der Waals surface area contributed by atoms with Crippen LogP contribution in [0.3, 0.4) is 0 Å². The molecule has 0 aliphatic rings. The summed E-state index contributed by atoms with van der Waals surface area (Å²) < 4.78 is 5.68. The molecule has 1 rings (SSSR count). The van der Waals surface area contributed by atoms with E-state index in [1.165, 1.54) is 57.8 Å². The predicted molar refractivity (Wildman–Crippen MR) is 93.2 cm³/mol. The molecule has 0 amide bonds. The Bertz CT molecular complexity index is 334. The van der Waals surface area contributed by atoms with Crippen molar-refractivity contribution in [1.82, 2.24) is 0 Å².